The zero-order valence-corrected chi connectivity index (χ0v) is 23.1. The third-order valence-corrected chi connectivity index (χ3v) is 7.57. The van der Waals surface area contributed by atoms with Gasteiger partial charge in [-0.2, -0.15) is 0 Å². The number of amides is 1. The van der Waals surface area contributed by atoms with E-state index >= 15 is 0 Å². The minimum atomic E-state index is -0.519. The molecule has 7 nitrogen and oxygen atoms in total. The molecule has 2 fully saturated rings. The first-order valence-corrected chi connectivity index (χ1v) is 13.7. The number of rotatable bonds is 7. The number of aromatic nitrogens is 1. The number of hydrogen-bond donors (Lipinski definition) is 1. The van der Waals surface area contributed by atoms with Crippen molar-refractivity contribution < 1.29 is 14.3 Å². The van der Waals surface area contributed by atoms with Crippen LogP contribution in [0.15, 0.2) is 53.3 Å². The number of anilines is 1. The van der Waals surface area contributed by atoms with Crippen molar-refractivity contribution >= 4 is 22.7 Å². The Hall–Kier alpha value is -3.48. The minimum Gasteiger partial charge on any atom is -0.488 e. The maximum absolute atomic E-state index is 13.3. The number of carbonyl (C=O) groups is 1. The molecule has 1 N–H and O–H groups in total. The number of nitrogens with one attached hydrogen (secondary N) is 1. The monoisotopic (exact) mass is 517 g/mol. The summed E-state index contributed by atoms with van der Waals surface area (Å²) in [5.74, 6) is 0.943. The van der Waals surface area contributed by atoms with Gasteiger partial charge in [0.1, 0.15) is 18.0 Å². The molecule has 1 saturated carbocycles. The third kappa shape index (κ3) is 5.66. The van der Waals surface area contributed by atoms with Crippen LogP contribution in [0.2, 0.25) is 0 Å². The highest BCUT2D eigenvalue weighted by Gasteiger charge is 2.32. The number of alkyl carbamates (subject to hydrolysis) is 1. The Balaban J connectivity index is 1.40. The largest absolute Gasteiger partial charge is 0.488 e. The Morgan fingerprint density at radius 1 is 1.11 bits per heavy atom. The molecule has 2 aromatic carbocycles. The highest BCUT2D eigenvalue weighted by molar-refractivity contribution is 5.92. The van der Waals surface area contributed by atoms with E-state index in [1.807, 2.05) is 62.6 Å². The molecule has 1 saturated heterocycles. The van der Waals surface area contributed by atoms with Gasteiger partial charge in [-0.15, -0.1) is 0 Å². The maximum atomic E-state index is 13.3. The van der Waals surface area contributed by atoms with Crippen LogP contribution in [-0.4, -0.2) is 35.4 Å². The van der Waals surface area contributed by atoms with E-state index < -0.39 is 5.60 Å². The number of ether oxygens (including phenoxy) is 2. The Bertz CT molecular complexity index is 1370. The molecule has 7 heteroatoms. The number of aryl methyl sites for hydroxylation is 1. The Morgan fingerprint density at radius 2 is 1.84 bits per heavy atom. The second-order valence-electron chi connectivity index (χ2n) is 11.8. The van der Waals surface area contributed by atoms with Crippen LogP contribution in [-0.2, 0) is 11.3 Å². The molecule has 1 aliphatic carbocycles. The lowest BCUT2D eigenvalue weighted by Crippen LogP contribution is -2.42. The maximum Gasteiger partial charge on any atom is 0.407 e. The summed E-state index contributed by atoms with van der Waals surface area (Å²) in [5, 5.41) is 4.00. The molecule has 0 bridgehead atoms. The fourth-order valence-corrected chi connectivity index (χ4v) is 5.49. The second-order valence-corrected chi connectivity index (χ2v) is 11.8. The van der Waals surface area contributed by atoms with Gasteiger partial charge in [0.25, 0.3) is 5.56 Å². The van der Waals surface area contributed by atoms with E-state index in [-0.39, 0.29) is 23.7 Å². The summed E-state index contributed by atoms with van der Waals surface area (Å²) in [5.41, 5.74) is 3.76. The SMILES string of the molecule is Cc1c(N2CC[C@@H]([C@H](C)NC(=O)OC(C)(C)C)C2)ccc2c(OCc3ccccc3)cc(=O)n(C3CC3)c12. The average molecular weight is 518 g/mol. The van der Waals surface area contributed by atoms with Crippen molar-refractivity contribution in [2.75, 3.05) is 18.0 Å². The topological polar surface area (TPSA) is 72.8 Å². The number of carbonyl (C=O) groups excluding carboxylic acids is 1. The van der Waals surface area contributed by atoms with Gasteiger partial charge in [0.15, 0.2) is 0 Å². The van der Waals surface area contributed by atoms with E-state index in [0.717, 1.165) is 60.1 Å². The van der Waals surface area contributed by atoms with E-state index in [1.54, 1.807) is 6.07 Å². The Kier molecular flexibility index (Phi) is 7.12. The molecule has 0 unspecified atom stereocenters. The van der Waals surface area contributed by atoms with Crippen molar-refractivity contribution in [2.24, 2.45) is 5.92 Å². The highest BCUT2D eigenvalue weighted by atomic mass is 16.6. The van der Waals surface area contributed by atoms with E-state index in [9.17, 15) is 9.59 Å². The average Bonchev–Trinajstić information content (AvgIpc) is 3.57. The number of fused-ring (bicyclic) bond motifs is 1. The molecule has 202 valence electrons. The molecular formula is C31H39N3O4. The van der Waals surface area contributed by atoms with Gasteiger partial charge in [-0.1, -0.05) is 30.3 Å². The Morgan fingerprint density at radius 3 is 2.53 bits per heavy atom. The molecule has 1 aromatic heterocycles. The zero-order chi connectivity index (χ0) is 27.0. The van der Waals surface area contributed by atoms with Gasteiger partial charge in [0.05, 0.1) is 5.52 Å². The van der Waals surface area contributed by atoms with E-state index in [0.29, 0.717) is 18.3 Å². The van der Waals surface area contributed by atoms with E-state index in [1.165, 1.54) is 0 Å². The van der Waals surface area contributed by atoms with Crippen LogP contribution in [0, 0.1) is 12.8 Å². The van der Waals surface area contributed by atoms with Crippen LogP contribution < -0.4 is 20.5 Å². The fraction of sp³-hybridized carbons (Fsp3) is 0.484. The molecule has 0 spiro atoms. The van der Waals surface area contributed by atoms with Gasteiger partial charge in [0.2, 0.25) is 0 Å². The summed E-state index contributed by atoms with van der Waals surface area (Å²) in [6.45, 7) is 11.9. The summed E-state index contributed by atoms with van der Waals surface area (Å²) >= 11 is 0. The molecule has 5 rings (SSSR count). The van der Waals surface area contributed by atoms with Crippen LogP contribution in [0.3, 0.4) is 0 Å². The van der Waals surface area contributed by atoms with Crippen molar-refractivity contribution in [3.63, 3.8) is 0 Å². The molecular weight excluding hydrogens is 478 g/mol. The molecule has 2 aliphatic rings. The molecule has 3 aromatic rings. The number of hydrogen-bond acceptors (Lipinski definition) is 5. The first-order valence-electron chi connectivity index (χ1n) is 13.7. The first kappa shape index (κ1) is 26.1. The van der Waals surface area contributed by atoms with Crippen molar-refractivity contribution in [1.29, 1.82) is 0 Å². The van der Waals surface area contributed by atoms with E-state index in [2.05, 4.69) is 29.3 Å². The highest BCUT2D eigenvalue weighted by Crippen LogP contribution is 2.41. The third-order valence-electron chi connectivity index (χ3n) is 7.57. The lowest BCUT2D eigenvalue weighted by Gasteiger charge is -2.26. The van der Waals surface area contributed by atoms with Gasteiger partial charge >= 0.3 is 6.09 Å². The van der Waals surface area contributed by atoms with Gasteiger partial charge in [-0.25, -0.2) is 4.79 Å². The quantitative estimate of drug-likeness (QED) is 0.418. The van der Waals surface area contributed by atoms with Crippen molar-refractivity contribution in [3.05, 3.63) is 70.0 Å². The van der Waals surface area contributed by atoms with E-state index in [4.69, 9.17) is 9.47 Å². The standard InChI is InChI=1S/C31H39N3O4/c1-20-26(33-16-15-23(18-33)21(2)32-30(36)38-31(3,4)5)14-13-25-27(37-19-22-9-7-6-8-10-22)17-28(35)34(29(20)25)24-11-12-24/h6-10,13-14,17,21,23-24H,11-12,15-16,18-19H2,1-5H3,(H,32,36)/t21-,23+/m0/s1. The summed E-state index contributed by atoms with van der Waals surface area (Å²) in [7, 11) is 0. The molecule has 0 radical (unpaired) electrons. The predicted octanol–water partition coefficient (Wildman–Crippen LogP) is 5.96. The minimum absolute atomic E-state index is 0.00162. The van der Waals surface area contributed by atoms with Gasteiger partial charge in [-0.3, -0.25) is 4.79 Å². The van der Waals surface area contributed by atoms with Gasteiger partial charge in [-0.05, 0) is 83.1 Å². The summed E-state index contributed by atoms with van der Waals surface area (Å²) in [6.07, 6.45) is 2.66. The number of nitrogens with zero attached hydrogens (tertiary/aromatic N) is 2. The smallest absolute Gasteiger partial charge is 0.407 e. The first-order chi connectivity index (χ1) is 18.1. The summed E-state index contributed by atoms with van der Waals surface area (Å²) in [6, 6.07) is 16.2. The second kappa shape index (κ2) is 10.4. The van der Waals surface area contributed by atoms with Crippen molar-refractivity contribution in [3.8, 4) is 5.75 Å². The van der Waals surface area contributed by atoms with Crippen LogP contribution >= 0.6 is 0 Å². The van der Waals surface area contributed by atoms with Crippen LogP contribution in [0.5, 0.6) is 5.75 Å². The van der Waals surface area contributed by atoms with Crippen molar-refractivity contribution in [1.82, 2.24) is 9.88 Å². The number of pyridine rings is 1. The molecule has 2 heterocycles. The lowest BCUT2D eigenvalue weighted by atomic mass is 10.0. The predicted molar refractivity (Wildman–Crippen MR) is 151 cm³/mol. The normalized spacial score (nSPS) is 18.4. The fourth-order valence-electron chi connectivity index (χ4n) is 5.49. The molecule has 1 amide bonds. The molecule has 38 heavy (non-hydrogen) atoms. The van der Waals surface area contributed by atoms with Crippen LogP contribution in [0.25, 0.3) is 10.9 Å². The van der Waals surface area contributed by atoms with Gasteiger partial charge in [0, 0.05) is 42.3 Å². The van der Waals surface area contributed by atoms with Crippen LogP contribution in [0.1, 0.15) is 64.1 Å². The summed E-state index contributed by atoms with van der Waals surface area (Å²) < 4.78 is 13.6. The van der Waals surface area contributed by atoms with Crippen molar-refractivity contribution in [2.45, 2.75) is 78.2 Å². The van der Waals surface area contributed by atoms with Gasteiger partial charge < -0.3 is 24.3 Å². The Labute approximate surface area is 224 Å². The molecule has 2 atom stereocenters. The molecule has 1 aliphatic heterocycles. The number of benzene rings is 2. The lowest BCUT2D eigenvalue weighted by molar-refractivity contribution is 0.0494. The summed E-state index contributed by atoms with van der Waals surface area (Å²) in [4.78, 5) is 28.0. The van der Waals surface area contributed by atoms with Crippen LogP contribution in [0.4, 0.5) is 10.5 Å². The zero-order valence-electron chi connectivity index (χ0n) is 23.1.